The van der Waals surface area contributed by atoms with Gasteiger partial charge in [-0.3, -0.25) is 9.67 Å². The molecule has 0 amide bonds. The first-order valence-electron chi connectivity index (χ1n) is 7.45. The maximum atomic E-state index is 5.22. The quantitative estimate of drug-likeness (QED) is 0.394. The summed E-state index contributed by atoms with van der Waals surface area (Å²) in [4.78, 5) is 8.45. The Balaban J connectivity index is 0.00000242. The molecule has 0 atom stereocenters. The molecular weight excluding hydrogens is 395 g/mol. The van der Waals surface area contributed by atoms with Gasteiger partial charge in [0.1, 0.15) is 12.2 Å². The molecule has 126 valence electrons. The molecule has 0 aromatic carbocycles. The van der Waals surface area contributed by atoms with Crippen LogP contribution in [0.15, 0.2) is 11.3 Å². The fourth-order valence-corrected chi connectivity index (χ4v) is 2.65. The second kappa shape index (κ2) is 9.29. The van der Waals surface area contributed by atoms with Gasteiger partial charge in [-0.1, -0.05) is 6.42 Å². The van der Waals surface area contributed by atoms with Gasteiger partial charge in [0.15, 0.2) is 5.96 Å². The van der Waals surface area contributed by atoms with Crippen LogP contribution in [0.25, 0.3) is 0 Å². The first-order chi connectivity index (χ1) is 10.2. The Labute approximate surface area is 149 Å². The summed E-state index contributed by atoms with van der Waals surface area (Å²) in [6, 6.07) is 0. The second-order valence-electron chi connectivity index (χ2n) is 5.68. The summed E-state index contributed by atoms with van der Waals surface area (Å²) in [5, 5.41) is 10.8. The number of guanidine groups is 1. The largest absolute Gasteiger partial charge is 0.385 e. The summed E-state index contributed by atoms with van der Waals surface area (Å²) in [6.07, 6.45) is 6.52. The molecule has 2 N–H and O–H groups in total. The number of ether oxygens (including phenoxy) is 1. The molecule has 1 aliphatic carbocycles. The molecule has 8 heteroatoms. The Morgan fingerprint density at radius 3 is 2.73 bits per heavy atom. The molecular formula is C14H27IN6O. The van der Waals surface area contributed by atoms with E-state index in [1.807, 2.05) is 7.05 Å². The summed E-state index contributed by atoms with van der Waals surface area (Å²) in [5.74, 6) is 1.69. The molecule has 1 aromatic rings. The number of methoxy groups -OCH3 is 1. The van der Waals surface area contributed by atoms with Gasteiger partial charge in [-0.25, -0.2) is 4.98 Å². The lowest BCUT2D eigenvalue weighted by atomic mass is 9.67. The lowest BCUT2D eigenvalue weighted by molar-refractivity contribution is 0.0732. The van der Waals surface area contributed by atoms with Gasteiger partial charge in [-0.15, -0.1) is 24.0 Å². The van der Waals surface area contributed by atoms with Gasteiger partial charge in [0.05, 0.1) is 6.54 Å². The highest BCUT2D eigenvalue weighted by atomic mass is 127. The standard InChI is InChI=1S/C14H26N6O.HI/c1-15-13(16-9-12-18-11-19-20(12)2)17-10-14(5-4-6-14)7-8-21-3;/h11H,4-10H2,1-3H3,(H2,15,16,17);1H. The fraction of sp³-hybridized carbons (Fsp3) is 0.786. The highest BCUT2D eigenvalue weighted by molar-refractivity contribution is 14.0. The van der Waals surface area contributed by atoms with Crippen LogP contribution >= 0.6 is 24.0 Å². The van der Waals surface area contributed by atoms with Crippen LogP contribution in [-0.2, 0) is 18.3 Å². The molecule has 0 radical (unpaired) electrons. The maximum Gasteiger partial charge on any atom is 0.191 e. The molecule has 22 heavy (non-hydrogen) atoms. The monoisotopic (exact) mass is 422 g/mol. The minimum atomic E-state index is 0. The molecule has 1 heterocycles. The van der Waals surface area contributed by atoms with Crippen molar-refractivity contribution in [3.8, 4) is 0 Å². The number of aryl methyl sites for hydroxylation is 1. The molecule has 0 saturated heterocycles. The van der Waals surface area contributed by atoms with E-state index in [4.69, 9.17) is 4.74 Å². The molecule has 1 saturated carbocycles. The van der Waals surface area contributed by atoms with Crippen LogP contribution in [0.2, 0.25) is 0 Å². The molecule has 1 aromatic heterocycles. The maximum absolute atomic E-state index is 5.22. The number of hydrogen-bond donors (Lipinski definition) is 2. The zero-order valence-corrected chi connectivity index (χ0v) is 16.0. The van der Waals surface area contributed by atoms with Gasteiger partial charge in [0.25, 0.3) is 0 Å². The summed E-state index contributed by atoms with van der Waals surface area (Å²) < 4.78 is 6.98. The van der Waals surface area contributed by atoms with Crippen molar-refractivity contribution in [1.82, 2.24) is 25.4 Å². The topological polar surface area (TPSA) is 76.4 Å². The van der Waals surface area contributed by atoms with Crippen LogP contribution in [0.3, 0.4) is 0 Å². The van der Waals surface area contributed by atoms with Crippen molar-refractivity contribution in [2.24, 2.45) is 17.5 Å². The van der Waals surface area contributed by atoms with Crippen LogP contribution < -0.4 is 10.6 Å². The summed E-state index contributed by atoms with van der Waals surface area (Å²) in [6.45, 7) is 2.38. The fourth-order valence-electron chi connectivity index (χ4n) is 2.65. The van der Waals surface area contributed by atoms with Crippen molar-refractivity contribution in [3.05, 3.63) is 12.2 Å². The molecule has 0 aliphatic heterocycles. The third-order valence-electron chi connectivity index (χ3n) is 4.32. The second-order valence-corrected chi connectivity index (χ2v) is 5.68. The number of aromatic nitrogens is 3. The van der Waals surface area contributed by atoms with Gasteiger partial charge in [-0.2, -0.15) is 5.10 Å². The predicted octanol–water partition coefficient (Wildman–Crippen LogP) is 1.30. The Kier molecular flexibility index (Phi) is 8.08. The number of rotatable bonds is 7. The van der Waals surface area contributed by atoms with Crippen molar-refractivity contribution in [3.63, 3.8) is 0 Å². The normalized spacial score (nSPS) is 16.6. The average molecular weight is 422 g/mol. The van der Waals surface area contributed by atoms with Gasteiger partial charge in [0.2, 0.25) is 0 Å². The minimum absolute atomic E-state index is 0. The first-order valence-corrected chi connectivity index (χ1v) is 7.45. The highest BCUT2D eigenvalue weighted by Gasteiger charge is 2.36. The Morgan fingerprint density at radius 1 is 1.45 bits per heavy atom. The molecule has 0 spiro atoms. The van der Waals surface area contributed by atoms with Crippen molar-refractivity contribution >= 4 is 29.9 Å². The minimum Gasteiger partial charge on any atom is -0.385 e. The summed E-state index contributed by atoms with van der Waals surface area (Å²) >= 11 is 0. The average Bonchev–Trinajstić information content (AvgIpc) is 2.86. The predicted molar refractivity (Wildman–Crippen MR) is 97.4 cm³/mol. The smallest absolute Gasteiger partial charge is 0.191 e. The van der Waals surface area contributed by atoms with Crippen molar-refractivity contribution < 1.29 is 4.74 Å². The van der Waals surface area contributed by atoms with E-state index in [9.17, 15) is 0 Å². The molecule has 1 fully saturated rings. The van der Waals surface area contributed by atoms with Gasteiger partial charge >= 0.3 is 0 Å². The number of nitrogens with zero attached hydrogens (tertiary/aromatic N) is 4. The lowest BCUT2D eigenvalue weighted by Gasteiger charge is -2.42. The zero-order valence-electron chi connectivity index (χ0n) is 13.6. The number of halogens is 1. The summed E-state index contributed by atoms with van der Waals surface area (Å²) in [5.41, 5.74) is 0.373. The molecule has 2 rings (SSSR count). The number of nitrogens with one attached hydrogen (secondary N) is 2. The highest BCUT2D eigenvalue weighted by Crippen LogP contribution is 2.43. The number of hydrogen-bond acceptors (Lipinski definition) is 4. The van der Waals surface area contributed by atoms with Gasteiger partial charge in [-0.05, 0) is 24.7 Å². The van der Waals surface area contributed by atoms with E-state index in [1.165, 1.54) is 19.3 Å². The van der Waals surface area contributed by atoms with Crippen molar-refractivity contribution in [2.45, 2.75) is 32.2 Å². The van der Waals surface area contributed by atoms with Crippen molar-refractivity contribution in [1.29, 1.82) is 0 Å². The van der Waals surface area contributed by atoms with E-state index in [1.54, 1.807) is 25.2 Å². The van der Waals surface area contributed by atoms with Gasteiger partial charge < -0.3 is 15.4 Å². The van der Waals surface area contributed by atoms with E-state index in [0.29, 0.717) is 12.0 Å². The van der Waals surface area contributed by atoms with E-state index in [0.717, 1.165) is 31.4 Å². The third-order valence-corrected chi connectivity index (χ3v) is 4.32. The van der Waals surface area contributed by atoms with Crippen LogP contribution in [0, 0.1) is 5.41 Å². The van der Waals surface area contributed by atoms with Crippen LogP contribution in [0.4, 0.5) is 0 Å². The SMILES string of the molecule is CN=C(NCc1ncnn1C)NCC1(CCOC)CCC1.I. The van der Waals surface area contributed by atoms with E-state index >= 15 is 0 Å². The Hall–Kier alpha value is -0.900. The Morgan fingerprint density at radius 2 is 2.23 bits per heavy atom. The zero-order chi connectivity index (χ0) is 15.1. The molecule has 0 unspecified atom stereocenters. The molecule has 0 bridgehead atoms. The van der Waals surface area contributed by atoms with E-state index in [-0.39, 0.29) is 24.0 Å². The van der Waals surface area contributed by atoms with Crippen LogP contribution in [-0.4, -0.2) is 48.0 Å². The summed E-state index contributed by atoms with van der Waals surface area (Å²) in [7, 11) is 5.43. The van der Waals surface area contributed by atoms with E-state index < -0.39 is 0 Å². The van der Waals surface area contributed by atoms with Crippen molar-refractivity contribution in [2.75, 3.05) is 27.3 Å². The van der Waals surface area contributed by atoms with Crippen LogP contribution in [0.5, 0.6) is 0 Å². The first kappa shape index (κ1) is 19.1. The Bertz CT molecular complexity index is 472. The lowest BCUT2D eigenvalue weighted by Crippen LogP contribution is -2.46. The third kappa shape index (κ3) is 5.08. The van der Waals surface area contributed by atoms with Crippen LogP contribution in [0.1, 0.15) is 31.5 Å². The number of aliphatic imine (C=N–C) groups is 1. The molecule has 1 aliphatic rings. The molecule has 7 nitrogen and oxygen atoms in total. The van der Waals surface area contributed by atoms with Gasteiger partial charge in [0, 0.05) is 34.4 Å². The van der Waals surface area contributed by atoms with E-state index in [2.05, 4.69) is 25.7 Å².